The predicted octanol–water partition coefficient (Wildman–Crippen LogP) is 3.36. The molecule has 1 aliphatic rings. The fraction of sp³-hybridized carbons (Fsp3) is 0.238. The van der Waals surface area contributed by atoms with E-state index in [1.165, 1.54) is 0 Å². The number of imide groups is 1. The number of ketones is 1. The Balaban J connectivity index is 1.56. The summed E-state index contributed by atoms with van der Waals surface area (Å²) in [6.07, 6.45) is -0.154. The number of Topliss-reactive ketones (excluding diaryl/α,β-unsaturated/α-hetero) is 1. The minimum Gasteiger partial charge on any atom is -0.494 e. The number of thioether (sulfide) groups is 1. The minimum absolute atomic E-state index is 0.154. The van der Waals surface area contributed by atoms with Crippen LogP contribution in [0, 0.1) is 0 Å². The second kappa shape index (κ2) is 9.38. The Hall–Kier alpha value is -3.13. The van der Waals surface area contributed by atoms with Gasteiger partial charge in [-0.25, -0.2) is 0 Å². The summed E-state index contributed by atoms with van der Waals surface area (Å²) in [5.74, 6) is -0.543. The van der Waals surface area contributed by atoms with Gasteiger partial charge in [-0.15, -0.1) is 0 Å². The SMILES string of the molecule is CCOc1ccc(NC(=O)C[C@@H]2SC(=O)N(CC(=O)c3ccccc3)C2=O)cc1. The number of carbonyl (C=O) groups is 4. The molecule has 1 aliphatic heterocycles. The molecule has 1 fully saturated rings. The van der Waals surface area contributed by atoms with Crippen molar-refractivity contribution in [1.82, 2.24) is 4.90 Å². The first kappa shape index (κ1) is 20.6. The van der Waals surface area contributed by atoms with E-state index in [2.05, 4.69) is 5.32 Å². The van der Waals surface area contributed by atoms with Gasteiger partial charge in [0.1, 0.15) is 11.0 Å². The number of carbonyl (C=O) groups excluding carboxylic acids is 4. The maximum atomic E-state index is 12.5. The molecule has 8 heteroatoms. The first-order valence-electron chi connectivity index (χ1n) is 9.11. The normalized spacial score (nSPS) is 16.0. The smallest absolute Gasteiger partial charge is 0.289 e. The molecule has 2 aromatic rings. The number of hydrogen-bond donors (Lipinski definition) is 1. The molecule has 0 unspecified atom stereocenters. The van der Waals surface area contributed by atoms with Crippen molar-refractivity contribution in [3.05, 3.63) is 60.2 Å². The fourth-order valence-corrected chi connectivity index (χ4v) is 3.80. The average molecular weight is 412 g/mol. The van der Waals surface area contributed by atoms with Crippen LogP contribution in [-0.2, 0) is 9.59 Å². The highest BCUT2D eigenvalue weighted by Gasteiger charge is 2.41. The number of nitrogens with zero attached hydrogens (tertiary/aromatic N) is 1. The number of amides is 3. The molecule has 3 rings (SSSR count). The van der Waals surface area contributed by atoms with Crippen molar-refractivity contribution in [2.75, 3.05) is 18.5 Å². The van der Waals surface area contributed by atoms with Crippen molar-refractivity contribution in [3.8, 4) is 5.75 Å². The van der Waals surface area contributed by atoms with E-state index < -0.39 is 16.4 Å². The van der Waals surface area contributed by atoms with Gasteiger partial charge in [0.25, 0.3) is 5.24 Å². The first-order chi connectivity index (χ1) is 14.0. The molecule has 1 atom stereocenters. The van der Waals surface area contributed by atoms with Crippen molar-refractivity contribution in [1.29, 1.82) is 0 Å². The molecule has 0 saturated carbocycles. The number of rotatable bonds is 8. The Bertz CT molecular complexity index is 914. The van der Waals surface area contributed by atoms with Gasteiger partial charge in [0.15, 0.2) is 5.78 Å². The summed E-state index contributed by atoms with van der Waals surface area (Å²) in [7, 11) is 0. The van der Waals surface area contributed by atoms with Crippen LogP contribution in [0.4, 0.5) is 10.5 Å². The Morgan fingerprint density at radius 1 is 1.07 bits per heavy atom. The van der Waals surface area contributed by atoms with Crippen molar-refractivity contribution in [2.24, 2.45) is 0 Å². The average Bonchev–Trinajstić information content (AvgIpc) is 2.97. The van der Waals surface area contributed by atoms with Gasteiger partial charge in [-0.1, -0.05) is 42.1 Å². The van der Waals surface area contributed by atoms with Crippen LogP contribution in [0.25, 0.3) is 0 Å². The fourth-order valence-electron chi connectivity index (χ4n) is 2.81. The van der Waals surface area contributed by atoms with Crippen LogP contribution < -0.4 is 10.1 Å². The highest BCUT2D eigenvalue weighted by molar-refractivity contribution is 8.15. The molecule has 3 amide bonds. The summed E-state index contributed by atoms with van der Waals surface area (Å²) in [4.78, 5) is 50.2. The lowest BCUT2D eigenvalue weighted by molar-refractivity contribution is -0.128. The van der Waals surface area contributed by atoms with Crippen molar-refractivity contribution < 1.29 is 23.9 Å². The molecule has 0 radical (unpaired) electrons. The number of hydrogen-bond acceptors (Lipinski definition) is 6. The van der Waals surface area contributed by atoms with Crippen LogP contribution >= 0.6 is 11.8 Å². The third-order valence-electron chi connectivity index (χ3n) is 4.22. The topological polar surface area (TPSA) is 92.8 Å². The molecule has 0 aromatic heterocycles. The highest BCUT2D eigenvalue weighted by Crippen LogP contribution is 2.30. The van der Waals surface area contributed by atoms with Gasteiger partial charge in [-0.05, 0) is 31.2 Å². The summed E-state index contributed by atoms with van der Waals surface area (Å²) in [5.41, 5.74) is 0.992. The van der Waals surface area contributed by atoms with Crippen molar-refractivity contribution >= 4 is 40.3 Å². The molecular weight excluding hydrogens is 392 g/mol. The van der Waals surface area contributed by atoms with E-state index in [4.69, 9.17) is 4.74 Å². The van der Waals surface area contributed by atoms with Crippen LogP contribution in [0.3, 0.4) is 0 Å². The molecule has 1 saturated heterocycles. The monoisotopic (exact) mass is 412 g/mol. The molecule has 2 aromatic carbocycles. The Morgan fingerprint density at radius 2 is 1.76 bits per heavy atom. The maximum absolute atomic E-state index is 12.5. The molecular formula is C21H20N2O5S. The summed E-state index contributed by atoms with van der Waals surface area (Å²) < 4.78 is 5.34. The summed E-state index contributed by atoms with van der Waals surface area (Å²) >= 11 is 0.771. The van der Waals surface area contributed by atoms with E-state index in [1.54, 1.807) is 54.6 Å². The number of ether oxygens (including phenoxy) is 1. The lowest BCUT2D eigenvalue weighted by Crippen LogP contribution is -2.36. The maximum Gasteiger partial charge on any atom is 0.289 e. The summed E-state index contributed by atoms with van der Waals surface area (Å²) in [5, 5.41) is 1.34. The molecule has 0 spiro atoms. The third-order valence-corrected chi connectivity index (χ3v) is 5.30. The van der Waals surface area contributed by atoms with Crippen LogP contribution in [0.2, 0.25) is 0 Å². The molecule has 0 aliphatic carbocycles. The first-order valence-corrected chi connectivity index (χ1v) is 9.99. The van der Waals surface area contributed by atoms with Gasteiger partial charge in [0.2, 0.25) is 11.8 Å². The van der Waals surface area contributed by atoms with Crippen molar-refractivity contribution in [3.63, 3.8) is 0 Å². The Morgan fingerprint density at radius 3 is 2.41 bits per heavy atom. The summed E-state index contributed by atoms with van der Waals surface area (Å²) in [6.45, 7) is 2.10. The van der Waals surface area contributed by atoms with Crippen LogP contribution in [-0.4, -0.2) is 46.1 Å². The highest BCUT2D eigenvalue weighted by atomic mass is 32.2. The molecule has 29 heavy (non-hydrogen) atoms. The second-order valence-corrected chi connectivity index (χ2v) is 7.45. The number of benzene rings is 2. The molecule has 150 valence electrons. The van der Waals surface area contributed by atoms with E-state index in [0.717, 1.165) is 16.7 Å². The Kier molecular flexibility index (Phi) is 6.66. The van der Waals surface area contributed by atoms with Gasteiger partial charge in [-0.2, -0.15) is 0 Å². The van der Waals surface area contributed by atoms with E-state index in [9.17, 15) is 19.2 Å². The molecule has 7 nitrogen and oxygen atoms in total. The number of anilines is 1. The van der Waals surface area contributed by atoms with Gasteiger partial charge in [0, 0.05) is 17.7 Å². The predicted molar refractivity (Wildman–Crippen MR) is 110 cm³/mol. The lowest BCUT2D eigenvalue weighted by atomic mass is 10.1. The van der Waals surface area contributed by atoms with Crippen LogP contribution in [0.1, 0.15) is 23.7 Å². The lowest BCUT2D eigenvalue weighted by Gasteiger charge is -2.13. The van der Waals surface area contributed by atoms with E-state index in [0.29, 0.717) is 23.6 Å². The third kappa shape index (κ3) is 5.23. The molecule has 1 heterocycles. The van der Waals surface area contributed by atoms with E-state index in [1.807, 2.05) is 6.92 Å². The van der Waals surface area contributed by atoms with E-state index >= 15 is 0 Å². The molecule has 1 N–H and O–H groups in total. The van der Waals surface area contributed by atoms with Gasteiger partial charge in [-0.3, -0.25) is 24.1 Å². The van der Waals surface area contributed by atoms with Gasteiger partial charge < -0.3 is 10.1 Å². The minimum atomic E-state index is -0.839. The van der Waals surface area contributed by atoms with Crippen LogP contribution in [0.15, 0.2) is 54.6 Å². The molecule has 0 bridgehead atoms. The zero-order chi connectivity index (χ0) is 20.8. The Labute approximate surface area is 172 Å². The second-order valence-electron chi connectivity index (χ2n) is 6.30. The summed E-state index contributed by atoms with van der Waals surface area (Å²) in [6, 6.07) is 15.3. The zero-order valence-electron chi connectivity index (χ0n) is 15.8. The number of nitrogens with one attached hydrogen (secondary N) is 1. The van der Waals surface area contributed by atoms with Crippen molar-refractivity contribution in [2.45, 2.75) is 18.6 Å². The van der Waals surface area contributed by atoms with E-state index in [-0.39, 0.29) is 24.7 Å². The zero-order valence-corrected chi connectivity index (χ0v) is 16.6. The van der Waals surface area contributed by atoms with Gasteiger partial charge in [0.05, 0.1) is 13.2 Å². The quantitative estimate of drug-likeness (QED) is 0.669. The largest absolute Gasteiger partial charge is 0.494 e. The van der Waals surface area contributed by atoms with Gasteiger partial charge >= 0.3 is 0 Å². The van der Waals surface area contributed by atoms with Crippen LogP contribution in [0.5, 0.6) is 5.75 Å². The standard InChI is InChI=1S/C21H20N2O5S/c1-2-28-16-10-8-15(9-11-16)22-19(25)12-18-20(26)23(21(27)29-18)13-17(24)14-6-4-3-5-7-14/h3-11,18H,2,12-13H2,1H3,(H,22,25)/t18-/m0/s1.